The fourth-order valence-electron chi connectivity index (χ4n) is 1.90. The van der Waals surface area contributed by atoms with Crippen molar-refractivity contribution in [1.29, 1.82) is 0 Å². The van der Waals surface area contributed by atoms with Crippen LogP contribution >= 0.6 is 23.2 Å². The van der Waals surface area contributed by atoms with Crippen LogP contribution in [0.2, 0.25) is 0 Å². The van der Waals surface area contributed by atoms with Gasteiger partial charge in [0.05, 0.1) is 31.3 Å². The lowest BCUT2D eigenvalue weighted by atomic mass is 10.1. The molecule has 0 radical (unpaired) electrons. The van der Waals surface area contributed by atoms with Gasteiger partial charge >= 0.3 is 11.9 Å². The quantitative estimate of drug-likeness (QED) is 0.669. The van der Waals surface area contributed by atoms with Gasteiger partial charge in [-0.05, 0) is 24.6 Å². The van der Waals surface area contributed by atoms with Gasteiger partial charge < -0.3 is 14.8 Å². The number of esters is 2. The molecule has 0 aliphatic heterocycles. The number of hydrogen-bond acceptors (Lipinski definition) is 5. The van der Waals surface area contributed by atoms with E-state index in [-0.39, 0.29) is 22.7 Å². The van der Waals surface area contributed by atoms with Crippen molar-refractivity contribution in [3.8, 4) is 0 Å². The first-order valence-corrected chi connectivity index (χ1v) is 7.04. The second kappa shape index (κ2) is 6.14. The molecule has 2 rings (SSSR count). The molecule has 22 heavy (non-hydrogen) atoms. The Kier molecular flexibility index (Phi) is 4.63. The zero-order valence-corrected chi connectivity index (χ0v) is 13.3. The molecule has 1 N–H and O–H groups in total. The minimum Gasteiger partial charge on any atom is -0.465 e. The van der Waals surface area contributed by atoms with Gasteiger partial charge in [-0.15, -0.1) is 23.2 Å². The van der Waals surface area contributed by atoms with Crippen molar-refractivity contribution >= 4 is 46.7 Å². The van der Waals surface area contributed by atoms with Gasteiger partial charge in [-0.3, -0.25) is 4.79 Å². The highest BCUT2D eigenvalue weighted by Gasteiger charge is 2.56. The lowest BCUT2D eigenvalue weighted by Gasteiger charge is -2.09. The summed E-state index contributed by atoms with van der Waals surface area (Å²) in [5.74, 6) is -2.20. The molecule has 1 aliphatic rings. The molecular formula is C14H13Cl2NO5. The predicted molar refractivity (Wildman–Crippen MR) is 80.3 cm³/mol. The van der Waals surface area contributed by atoms with Crippen LogP contribution in [0.3, 0.4) is 0 Å². The van der Waals surface area contributed by atoms with Gasteiger partial charge in [0, 0.05) is 5.69 Å². The number of carbonyl (C=O) groups excluding carboxylic acids is 3. The first kappa shape index (κ1) is 16.6. The molecule has 118 valence electrons. The number of amides is 1. The number of anilines is 1. The summed E-state index contributed by atoms with van der Waals surface area (Å²) in [5, 5.41) is 2.57. The van der Waals surface area contributed by atoms with Crippen molar-refractivity contribution in [2.75, 3.05) is 19.5 Å². The van der Waals surface area contributed by atoms with Crippen molar-refractivity contribution in [2.24, 2.45) is 5.92 Å². The number of hydrogen-bond donors (Lipinski definition) is 1. The number of methoxy groups -OCH3 is 2. The fourth-order valence-corrected chi connectivity index (χ4v) is 2.41. The lowest BCUT2D eigenvalue weighted by Crippen LogP contribution is -2.18. The summed E-state index contributed by atoms with van der Waals surface area (Å²) < 4.78 is 8.16. The molecular weight excluding hydrogens is 333 g/mol. The van der Waals surface area contributed by atoms with Crippen LogP contribution in [0.1, 0.15) is 27.1 Å². The van der Waals surface area contributed by atoms with Gasteiger partial charge in [0.25, 0.3) is 0 Å². The Morgan fingerprint density at radius 1 is 1.09 bits per heavy atom. The van der Waals surface area contributed by atoms with Gasteiger partial charge in [0.2, 0.25) is 5.91 Å². The van der Waals surface area contributed by atoms with Crippen molar-refractivity contribution in [3.05, 3.63) is 29.3 Å². The van der Waals surface area contributed by atoms with Crippen molar-refractivity contribution in [1.82, 2.24) is 0 Å². The van der Waals surface area contributed by atoms with E-state index in [1.165, 1.54) is 32.4 Å². The Morgan fingerprint density at radius 3 is 1.91 bits per heavy atom. The highest BCUT2D eigenvalue weighted by Crippen LogP contribution is 2.53. The van der Waals surface area contributed by atoms with Crippen LogP contribution in [-0.2, 0) is 14.3 Å². The van der Waals surface area contributed by atoms with Gasteiger partial charge in [-0.2, -0.15) is 0 Å². The molecule has 1 atom stereocenters. The smallest absolute Gasteiger partial charge is 0.337 e. The summed E-state index contributed by atoms with van der Waals surface area (Å²) in [7, 11) is 2.43. The third-order valence-electron chi connectivity index (χ3n) is 3.19. The van der Waals surface area contributed by atoms with E-state index in [2.05, 4.69) is 14.8 Å². The number of carbonyl (C=O) groups is 3. The summed E-state index contributed by atoms with van der Waals surface area (Å²) in [4.78, 5) is 35.2. The second-order valence-corrected chi connectivity index (χ2v) is 6.33. The summed E-state index contributed by atoms with van der Waals surface area (Å²) in [6.07, 6.45) is 0.350. The van der Waals surface area contributed by atoms with E-state index in [4.69, 9.17) is 23.2 Å². The van der Waals surface area contributed by atoms with Crippen molar-refractivity contribution < 1.29 is 23.9 Å². The monoisotopic (exact) mass is 345 g/mol. The molecule has 1 aromatic rings. The zero-order chi connectivity index (χ0) is 16.5. The maximum atomic E-state index is 12.0. The Labute approximate surface area is 136 Å². The second-order valence-electron chi connectivity index (χ2n) is 4.79. The molecule has 1 unspecified atom stereocenters. The van der Waals surface area contributed by atoms with Crippen LogP contribution in [-0.4, -0.2) is 36.4 Å². The number of nitrogens with one attached hydrogen (secondary N) is 1. The SMILES string of the molecule is COC(=O)c1cc(NC(=O)C2CC2(Cl)Cl)cc(C(=O)OC)c1. The van der Waals surface area contributed by atoms with E-state index < -0.39 is 22.2 Å². The van der Waals surface area contributed by atoms with E-state index in [0.717, 1.165) is 0 Å². The van der Waals surface area contributed by atoms with Gasteiger partial charge in [0.1, 0.15) is 4.33 Å². The highest BCUT2D eigenvalue weighted by molar-refractivity contribution is 6.52. The van der Waals surface area contributed by atoms with E-state index in [1.54, 1.807) is 0 Å². The van der Waals surface area contributed by atoms with Crippen molar-refractivity contribution in [2.45, 2.75) is 10.8 Å². The first-order valence-electron chi connectivity index (χ1n) is 6.29. The van der Waals surface area contributed by atoms with Crippen LogP contribution in [0.15, 0.2) is 18.2 Å². The van der Waals surface area contributed by atoms with Crippen LogP contribution < -0.4 is 5.32 Å². The number of alkyl halides is 2. The standard InChI is InChI=1S/C14H13Cl2NO5/c1-21-12(19)7-3-8(13(20)22-2)5-9(4-7)17-11(18)10-6-14(10,15)16/h3-5,10H,6H2,1-2H3,(H,17,18). The fraction of sp³-hybridized carbons (Fsp3) is 0.357. The van der Waals surface area contributed by atoms with E-state index in [1.807, 2.05) is 0 Å². The van der Waals surface area contributed by atoms with E-state index in [9.17, 15) is 14.4 Å². The Bertz CT molecular complexity index is 610. The molecule has 1 aromatic carbocycles. The van der Waals surface area contributed by atoms with Crippen LogP contribution in [0.5, 0.6) is 0 Å². The normalized spacial score (nSPS) is 18.3. The minimum absolute atomic E-state index is 0.111. The third-order valence-corrected chi connectivity index (χ3v) is 4.02. The first-order chi connectivity index (χ1) is 10.3. The maximum Gasteiger partial charge on any atom is 0.337 e. The molecule has 1 saturated carbocycles. The van der Waals surface area contributed by atoms with E-state index in [0.29, 0.717) is 6.42 Å². The minimum atomic E-state index is -1.06. The molecule has 0 aromatic heterocycles. The molecule has 1 fully saturated rings. The average molecular weight is 346 g/mol. The van der Waals surface area contributed by atoms with Crippen LogP contribution in [0.25, 0.3) is 0 Å². The van der Waals surface area contributed by atoms with Gasteiger partial charge in [0.15, 0.2) is 0 Å². The molecule has 1 aliphatic carbocycles. The Hall–Kier alpha value is -1.79. The summed E-state index contributed by atoms with van der Waals surface area (Å²) >= 11 is 11.7. The summed E-state index contributed by atoms with van der Waals surface area (Å²) in [6, 6.07) is 4.10. The summed E-state index contributed by atoms with van der Waals surface area (Å²) in [5.41, 5.74) is 0.475. The molecule has 0 spiro atoms. The molecule has 6 nitrogen and oxygen atoms in total. The van der Waals surface area contributed by atoms with Crippen molar-refractivity contribution in [3.63, 3.8) is 0 Å². The lowest BCUT2D eigenvalue weighted by molar-refractivity contribution is -0.117. The largest absolute Gasteiger partial charge is 0.465 e. The molecule has 0 bridgehead atoms. The topological polar surface area (TPSA) is 81.7 Å². The number of benzene rings is 1. The number of ether oxygens (including phenoxy) is 2. The summed E-state index contributed by atoms with van der Waals surface area (Å²) in [6.45, 7) is 0. The third kappa shape index (κ3) is 3.51. The predicted octanol–water partition coefficient (Wildman–Crippen LogP) is 2.39. The Morgan fingerprint density at radius 2 is 1.55 bits per heavy atom. The van der Waals surface area contributed by atoms with Gasteiger partial charge in [-0.25, -0.2) is 9.59 Å². The van der Waals surface area contributed by atoms with Crippen LogP contribution in [0.4, 0.5) is 5.69 Å². The Balaban J connectivity index is 2.28. The van der Waals surface area contributed by atoms with E-state index >= 15 is 0 Å². The molecule has 0 saturated heterocycles. The zero-order valence-electron chi connectivity index (χ0n) is 11.8. The number of halogens is 2. The van der Waals surface area contributed by atoms with Gasteiger partial charge in [-0.1, -0.05) is 0 Å². The molecule has 1 amide bonds. The average Bonchev–Trinajstić information content (AvgIpc) is 3.14. The highest BCUT2D eigenvalue weighted by atomic mass is 35.5. The molecule has 0 heterocycles. The molecule has 8 heteroatoms. The maximum absolute atomic E-state index is 12.0. The van der Waals surface area contributed by atoms with Crippen LogP contribution in [0, 0.1) is 5.92 Å². The number of rotatable bonds is 4.